The van der Waals surface area contributed by atoms with Gasteiger partial charge in [-0.15, -0.1) is 5.10 Å². The molecule has 1 aliphatic rings. The maximum absolute atomic E-state index is 14.1. The van der Waals surface area contributed by atoms with Crippen molar-refractivity contribution in [2.45, 2.75) is 13.1 Å². The van der Waals surface area contributed by atoms with E-state index < -0.39 is 0 Å². The molecule has 0 radical (unpaired) electrons. The molecule has 1 saturated heterocycles. The monoisotopic (exact) mass is 663 g/mol. The van der Waals surface area contributed by atoms with Crippen LogP contribution >= 0.6 is 0 Å². The number of pyridine rings is 2. The summed E-state index contributed by atoms with van der Waals surface area (Å²) in [4.78, 5) is 15.4. The summed E-state index contributed by atoms with van der Waals surface area (Å²) in [6, 6.07) is 20.6. The highest BCUT2D eigenvalue weighted by Gasteiger charge is 2.21. The molecule has 1 aliphatic heterocycles. The third kappa shape index (κ3) is 6.48. The first-order valence-corrected chi connectivity index (χ1v) is 15.4. The minimum Gasteiger partial charge on any atom is -0.380 e. The van der Waals surface area contributed by atoms with Crippen molar-refractivity contribution < 1.29 is 13.5 Å². The number of amidine groups is 1. The van der Waals surface area contributed by atoms with Gasteiger partial charge in [0, 0.05) is 36.6 Å². The van der Waals surface area contributed by atoms with Crippen molar-refractivity contribution in [2.75, 3.05) is 31.2 Å². The van der Waals surface area contributed by atoms with Crippen molar-refractivity contribution in [3.63, 3.8) is 0 Å². The van der Waals surface area contributed by atoms with E-state index in [2.05, 4.69) is 45.3 Å². The smallest absolute Gasteiger partial charge is 0.245 e. The predicted octanol–water partition coefficient (Wildman–Crippen LogP) is 3.44. The molecule has 5 aromatic heterocycles. The minimum absolute atomic E-state index is 0.111. The van der Waals surface area contributed by atoms with Crippen LogP contribution in [0.15, 0.2) is 90.3 Å². The molecule has 0 atom stereocenters. The zero-order valence-corrected chi connectivity index (χ0v) is 26.1. The number of nitrogens with one attached hydrogen (secondary N) is 1. The van der Waals surface area contributed by atoms with Crippen LogP contribution in [0.2, 0.25) is 0 Å². The first-order valence-electron chi connectivity index (χ1n) is 15.4. The van der Waals surface area contributed by atoms with Crippen molar-refractivity contribution in [1.82, 2.24) is 44.7 Å². The van der Waals surface area contributed by atoms with Crippen molar-refractivity contribution >= 4 is 33.9 Å². The summed E-state index contributed by atoms with van der Waals surface area (Å²) in [5.41, 5.74) is 9.17. The molecule has 0 spiro atoms. The van der Waals surface area contributed by atoms with Crippen LogP contribution in [0.1, 0.15) is 16.8 Å². The normalized spacial score (nSPS) is 13.5. The first kappa shape index (κ1) is 31.3. The third-order valence-electron chi connectivity index (χ3n) is 7.94. The van der Waals surface area contributed by atoms with Gasteiger partial charge in [0.1, 0.15) is 23.0 Å². The summed E-state index contributed by atoms with van der Waals surface area (Å²) >= 11 is 0. The highest BCUT2D eigenvalue weighted by Crippen LogP contribution is 2.26. The SMILES string of the molecule is Fc1ccccc1Cn1nc(-c2nc(N3CCOCC3)n[nH]2)c2cccnc21.N/N=C(\N)c1nn(Cc2ccccc2F)c2ncccc12. The Bertz CT molecular complexity index is 2250. The topological polar surface area (TPSA) is 180 Å². The van der Waals surface area contributed by atoms with Gasteiger partial charge < -0.3 is 21.2 Å². The van der Waals surface area contributed by atoms with E-state index in [-0.39, 0.29) is 30.6 Å². The Morgan fingerprint density at radius 3 is 2.02 bits per heavy atom. The van der Waals surface area contributed by atoms with Crippen molar-refractivity contribution in [3.8, 4) is 11.5 Å². The predicted molar refractivity (Wildman–Crippen MR) is 179 cm³/mol. The largest absolute Gasteiger partial charge is 0.380 e. The van der Waals surface area contributed by atoms with Crippen LogP contribution in [-0.4, -0.2) is 76.8 Å². The lowest BCUT2D eigenvalue weighted by molar-refractivity contribution is 0.122. The number of hydrazone groups is 1. The lowest BCUT2D eigenvalue weighted by Crippen LogP contribution is -2.36. The second kappa shape index (κ2) is 13.8. The molecular weight excluding hydrogens is 632 g/mol. The van der Waals surface area contributed by atoms with E-state index in [1.54, 1.807) is 58.2 Å². The minimum atomic E-state index is -0.293. The fourth-order valence-electron chi connectivity index (χ4n) is 5.50. The van der Waals surface area contributed by atoms with Gasteiger partial charge in [-0.05, 0) is 36.4 Å². The molecule has 1 fully saturated rings. The van der Waals surface area contributed by atoms with E-state index in [0.29, 0.717) is 58.8 Å². The number of morpholine rings is 1. The molecule has 0 unspecified atom stereocenters. The van der Waals surface area contributed by atoms with Crippen molar-refractivity contribution in [1.29, 1.82) is 0 Å². The van der Waals surface area contributed by atoms with Gasteiger partial charge in [-0.2, -0.15) is 20.3 Å². The van der Waals surface area contributed by atoms with E-state index in [1.807, 2.05) is 24.3 Å². The maximum atomic E-state index is 14.1. The highest BCUT2D eigenvalue weighted by molar-refractivity contribution is 6.06. The number of benzene rings is 2. The average molecular weight is 664 g/mol. The maximum Gasteiger partial charge on any atom is 0.245 e. The van der Waals surface area contributed by atoms with E-state index in [9.17, 15) is 8.78 Å². The van der Waals surface area contributed by atoms with Crippen LogP contribution in [-0.2, 0) is 17.8 Å². The molecule has 5 N–H and O–H groups in total. The summed E-state index contributed by atoms with van der Waals surface area (Å²) < 4.78 is 36.5. The Balaban J connectivity index is 0.000000161. The average Bonchev–Trinajstić information content (AvgIpc) is 3.87. The summed E-state index contributed by atoms with van der Waals surface area (Å²) in [5.74, 6) is 5.95. The van der Waals surface area contributed by atoms with E-state index >= 15 is 0 Å². The Kier molecular flexibility index (Phi) is 8.84. The molecule has 0 aliphatic carbocycles. The molecule has 6 heterocycles. The molecule has 0 saturated carbocycles. The summed E-state index contributed by atoms with van der Waals surface area (Å²) in [6.45, 7) is 3.35. The Morgan fingerprint density at radius 1 is 0.796 bits per heavy atom. The fourth-order valence-corrected chi connectivity index (χ4v) is 5.50. The molecule has 8 rings (SSSR count). The van der Waals surface area contributed by atoms with Crippen LogP contribution in [0, 0.1) is 11.6 Å². The third-order valence-corrected chi connectivity index (χ3v) is 7.94. The van der Waals surface area contributed by atoms with Crippen LogP contribution in [0.4, 0.5) is 14.7 Å². The lowest BCUT2D eigenvalue weighted by atomic mass is 10.2. The molecule has 2 aromatic carbocycles. The zero-order chi connectivity index (χ0) is 33.7. The van der Waals surface area contributed by atoms with Crippen LogP contribution in [0.25, 0.3) is 33.6 Å². The van der Waals surface area contributed by atoms with E-state index in [1.165, 1.54) is 12.1 Å². The summed E-state index contributed by atoms with van der Waals surface area (Å²) in [7, 11) is 0. The van der Waals surface area contributed by atoms with E-state index in [4.69, 9.17) is 16.3 Å². The quantitative estimate of drug-likeness (QED) is 0.0990. The Morgan fingerprint density at radius 2 is 1.39 bits per heavy atom. The van der Waals surface area contributed by atoms with Crippen LogP contribution in [0.5, 0.6) is 0 Å². The first-order chi connectivity index (χ1) is 24.0. The second-order valence-electron chi connectivity index (χ2n) is 11.0. The number of anilines is 1. The number of nitrogens with two attached hydrogens (primary N) is 2. The molecule has 14 nitrogen and oxygen atoms in total. The summed E-state index contributed by atoms with van der Waals surface area (Å²) in [6.07, 6.45) is 3.34. The number of aromatic nitrogens is 9. The Labute approximate surface area is 278 Å². The number of hydrogen-bond acceptors (Lipinski definition) is 10. The number of hydrogen-bond donors (Lipinski definition) is 3. The summed E-state index contributed by atoms with van der Waals surface area (Å²) in [5, 5.41) is 21.3. The van der Waals surface area contributed by atoms with Gasteiger partial charge in [-0.25, -0.2) is 28.1 Å². The number of ether oxygens (including phenoxy) is 1. The van der Waals surface area contributed by atoms with Gasteiger partial charge in [0.05, 0.1) is 37.1 Å². The van der Waals surface area contributed by atoms with Crippen LogP contribution in [0.3, 0.4) is 0 Å². The number of H-pyrrole nitrogens is 1. The number of halogens is 2. The van der Waals surface area contributed by atoms with Gasteiger partial charge in [0.15, 0.2) is 23.0 Å². The standard InChI is InChI=1S/C19H18FN7O.C14H13FN6/c20-15-6-2-1-4-13(15)12-27-18-14(5-3-7-21-18)16(25-27)17-22-19(24-23-17)26-8-10-28-11-9-26;15-11-6-2-1-4-9(11)8-21-14-10(5-3-7-18-14)12(20-21)13(16)19-17/h1-7H,8-12H2,(H,22,23,24);1-7H,8,17H2,(H2,16,19). The zero-order valence-electron chi connectivity index (χ0n) is 26.1. The van der Waals surface area contributed by atoms with Gasteiger partial charge in [-0.3, -0.25) is 5.10 Å². The van der Waals surface area contributed by atoms with E-state index in [0.717, 1.165) is 23.9 Å². The number of fused-ring (bicyclic) bond motifs is 2. The van der Waals surface area contributed by atoms with Crippen molar-refractivity contribution in [3.05, 3.63) is 114 Å². The molecule has 0 bridgehead atoms. The molecule has 248 valence electrons. The van der Waals surface area contributed by atoms with Gasteiger partial charge in [-0.1, -0.05) is 36.4 Å². The number of aromatic amines is 1. The van der Waals surface area contributed by atoms with Gasteiger partial charge in [0.2, 0.25) is 5.95 Å². The molecule has 0 amide bonds. The van der Waals surface area contributed by atoms with Crippen LogP contribution < -0.4 is 16.5 Å². The molecule has 7 aromatic rings. The van der Waals surface area contributed by atoms with Crippen molar-refractivity contribution in [2.24, 2.45) is 16.7 Å². The lowest BCUT2D eigenvalue weighted by Gasteiger charge is -2.25. The highest BCUT2D eigenvalue weighted by atomic mass is 19.1. The van der Waals surface area contributed by atoms with Gasteiger partial charge >= 0.3 is 0 Å². The number of rotatable bonds is 7. The Hall–Kier alpha value is -6.29. The van der Waals surface area contributed by atoms with Gasteiger partial charge in [0.25, 0.3) is 0 Å². The second-order valence-corrected chi connectivity index (χ2v) is 11.0. The number of nitrogens with zero attached hydrogens (tertiary/aromatic N) is 10. The molecular formula is C33H31F2N13O. The molecule has 16 heteroatoms. The molecule has 49 heavy (non-hydrogen) atoms. The fraction of sp³-hybridized carbons (Fsp3) is 0.182.